The lowest BCUT2D eigenvalue weighted by Crippen LogP contribution is -2.15. The maximum absolute atomic E-state index is 6.26. The third kappa shape index (κ3) is 3.14. The van der Waals surface area contributed by atoms with Gasteiger partial charge in [-0.05, 0) is 49.2 Å². The molecular weight excluding hydrogens is 320 g/mol. The molecule has 1 aromatic heterocycles. The van der Waals surface area contributed by atoms with Crippen LogP contribution in [0.15, 0.2) is 48.7 Å². The van der Waals surface area contributed by atoms with Crippen molar-refractivity contribution in [1.29, 1.82) is 0 Å². The van der Waals surface area contributed by atoms with Gasteiger partial charge in [-0.3, -0.25) is 0 Å². The minimum absolute atomic E-state index is 0.257. The zero-order chi connectivity index (χ0) is 17.1. The molecule has 0 radical (unpaired) electrons. The summed E-state index contributed by atoms with van der Waals surface area (Å²) in [7, 11) is 1.63. The second-order valence-corrected chi connectivity index (χ2v) is 6.40. The maximum atomic E-state index is 6.26. The highest BCUT2D eigenvalue weighted by atomic mass is 35.5. The lowest BCUT2D eigenvalue weighted by molar-refractivity contribution is 0.415. The van der Waals surface area contributed by atoms with E-state index in [1.54, 1.807) is 7.11 Å². The van der Waals surface area contributed by atoms with Crippen LogP contribution in [0.2, 0.25) is 5.02 Å². The Morgan fingerprint density at radius 2 is 2.00 bits per heavy atom. The number of para-hydroxylation sites is 1. The smallest absolute Gasteiger partial charge is 0.137 e. The number of aromatic nitrogens is 1. The van der Waals surface area contributed by atoms with Gasteiger partial charge < -0.3 is 15.0 Å². The van der Waals surface area contributed by atoms with Crippen LogP contribution in [0.5, 0.6) is 5.75 Å². The Hall–Kier alpha value is -1.97. The molecule has 3 rings (SSSR count). The molecule has 0 aliphatic carbocycles. The van der Waals surface area contributed by atoms with Crippen LogP contribution in [-0.2, 0) is 13.0 Å². The van der Waals surface area contributed by atoms with Crippen LogP contribution >= 0.6 is 11.6 Å². The number of hydrogen-bond acceptors (Lipinski definition) is 2. The average molecular weight is 343 g/mol. The summed E-state index contributed by atoms with van der Waals surface area (Å²) in [4.78, 5) is 0. The maximum Gasteiger partial charge on any atom is 0.137 e. The topological polar surface area (TPSA) is 40.2 Å². The number of benzene rings is 2. The Labute approximate surface area is 148 Å². The Morgan fingerprint density at radius 3 is 2.67 bits per heavy atom. The fourth-order valence-corrected chi connectivity index (χ4v) is 3.58. The van der Waals surface area contributed by atoms with Crippen LogP contribution in [0.3, 0.4) is 0 Å². The summed E-state index contributed by atoms with van der Waals surface area (Å²) >= 11 is 6.26. The van der Waals surface area contributed by atoms with Gasteiger partial charge in [0.25, 0.3) is 0 Å². The Kier molecular flexibility index (Phi) is 5.12. The normalized spacial score (nSPS) is 12.5. The van der Waals surface area contributed by atoms with Crippen LogP contribution in [0, 0.1) is 0 Å². The van der Waals surface area contributed by atoms with Crippen molar-refractivity contribution >= 4 is 22.5 Å². The van der Waals surface area contributed by atoms with E-state index in [0.29, 0.717) is 17.3 Å². The number of aryl methyl sites for hydroxylation is 1. The van der Waals surface area contributed by atoms with E-state index in [1.807, 2.05) is 12.1 Å². The van der Waals surface area contributed by atoms with Gasteiger partial charge in [-0.25, -0.2) is 0 Å². The first kappa shape index (κ1) is 16.9. The number of hydrogen-bond donors (Lipinski definition) is 1. The fourth-order valence-electron chi connectivity index (χ4n) is 3.30. The summed E-state index contributed by atoms with van der Waals surface area (Å²) in [5, 5.41) is 1.93. The van der Waals surface area contributed by atoms with Crippen molar-refractivity contribution in [3.63, 3.8) is 0 Å². The summed E-state index contributed by atoms with van der Waals surface area (Å²) in [6.45, 7) is 3.71. The highest BCUT2D eigenvalue weighted by molar-refractivity contribution is 6.32. The fraction of sp³-hybridized carbons (Fsp3) is 0.300. The number of fused-ring (bicyclic) bond motifs is 1. The second kappa shape index (κ2) is 7.29. The van der Waals surface area contributed by atoms with E-state index in [4.69, 9.17) is 22.1 Å². The molecule has 0 saturated heterocycles. The summed E-state index contributed by atoms with van der Waals surface area (Å²) in [5.41, 5.74) is 9.86. The van der Waals surface area contributed by atoms with Crippen molar-refractivity contribution in [2.24, 2.45) is 5.73 Å². The summed E-state index contributed by atoms with van der Waals surface area (Å²) in [6.07, 6.45) is 3.10. The van der Waals surface area contributed by atoms with Crippen molar-refractivity contribution in [3.05, 3.63) is 64.8 Å². The molecule has 0 saturated carbocycles. The summed E-state index contributed by atoms with van der Waals surface area (Å²) in [5.74, 6) is 0.958. The van der Waals surface area contributed by atoms with E-state index >= 15 is 0 Å². The first-order valence-corrected chi connectivity index (χ1v) is 8.66. The predicted molar refractivity (Wildman–Crippen MR) is 101 cm³/mol. The standard InChI is InChI=1S/C20H23ClN2O/c1-3-23-13-17(16-6-4-5-7-19(16)23)15(12-22)10-14-8-9-20(24-2)18(21)11-14/h4-9,11,13,15H,3,10,12,22H2,1-2H3. The monoisotopic (exact) mass is 342 g/mol. The third-order valence-electron chi connectivity index (χ3n) is 4.58. The van der Waals surface area contributed by atoms with Crippen molar-refractivity contribution < 1.29 is 4.74 Å². The van der Waals surface area contributed by atoms with Gasteiger partial charge >= 0.3 is 0 Å². The Bertz CT molecular complexity index is 841. The number of nitrogens with two attached hydrogens (primary N) is 1. The summed E-state index contributed by atoms with van der Waals surface area (Å²) < 4.78 is 7.52. The average Bonchev–Trinajstić information content (AvgIpc) is 2.98. The molecule has 1 atom stereocenters. The number of halogens is 1. The van der Waals surface area contributed by atoms with Crippen molar-refractivity contribution in [3.8, 4) is 5.75 Å². The number of nitrogens with zero attached hydrogens (tertiary/aromatic N) is 1. The van der Waals surface area contributed by atoms with Crippen molar-refractivity contribution in [2.45, 2.75) is 25.8 Å². The van der Waals surface area contributed by atoms with Crippen molar-refractivity contribution in [1.82, 2.24) is 4.57 Å². The molecule has 2 N–H and O–H groups in total. The van der Waals surface area contributed by atoms with Crippen LogP contribution < -0.4 is 10.5 Å². The van der Waals surface area contributed by atoms with Gasteiger partial charge in [0.2, 0.25) is 0 Å². The molecule has 0 fully saturated rings. The molecule has 2 aromatic carbocycles. The molecule has 0 aliphatic heterocycles. The highest BCUT2D eigenvalue weighted by Crippen LogP contribution is 2.32. The molecule has 0 aliphatic rings. The minimum atomic E-state index is 0.257. The molecule has 1 heterocycles. The van der Waals surface area contributed by atoms with E-state index in [-0.39, 0.29) is 5.92 Å². The van der Waals surface area contributed by atoms with Gasteiger partial charge in [-0.15, -0.1) is 0 Å². The SMILES string of the molecule is CCn1cc(C(CN)Cc2ccc(OC)c(Cl)c2)c2ccccc21. The molecule has 3 aromatic rings. The van der Waals surface area contributed by atoms with E-state index in [0.717, 1.165) is 13.0 Å². The molecule has 0 bridgehead atoms. The molecule has 4 heteroatoms. The van der Waals surface area contributed by atoms with Crippen molar-refractivity contribution in [2.75, 3.05) is 13.7 Å². The van der Waals surface area contributed by atoms with E-state index in [1.165, 1.54) is 22.0 Å². The van der Waals surface area contributed by atoms with Gasteiger partial charge in [0.05, 0.1) is 12.1 Å². The van der Waals surface area contributed by atoms with Crippen LogP contribution in [0.25, 0.3) is 10.9 Å². The number of methoxy groups -OCH3 is 1. The van der Waals surface area contributed by atoms with E-state index in [2.05, 4.69) is 48.0 Å². The lowest BCUT2D eigenvalue weighted by atomic mass is 9.92. The Balaban J connectivity index is 1.96. The number of rotatable bonds is 6. The quantitative estimate of drug-likeness (QED) is 0.710. The lowest BCUT2D eigenvalue weighted by Gasteiger charge is -2.15. The van der Waals surface area contributed by atoms with Gasteiger partial charge in [0.1, 0.15) is 5.75 Å². The molecule has 24 heavy (non-hydrogen) atoms. The molecular formula is C20H23ClN2O. The first-order chi connectivity index (χ1) is 11.7. The van der Waals surface area contributed by atoms with Gasteiger partial charge in [0, 0.05) is 29.6 Å². The first-order valence-electron chi connectivity index (χ1n) is 8.28. The van der Waals surface area contributed by atoms with E-state index < -0.39 is 0 Å². The predicted octanol–water partition coefficient (Wildman–Crippen LogP) is 4.61. The zero-order valence-electron chi connectivity index (χ0n) is 14.1. The molecule has 126 valence electrons. The summed E-state index contributed by atoms with van der Waals surface area (Å²) in [6, 6.07) is 14.5. The van der Waals surface area contributed by atoms with Crippen LogP contribution in [0.1, 0.15) is 24.0 Å². The molecule has 1 unspecified atom stereocenters. The molecule has 0 amide bonds. The minimum Gasteiger partial charge on any atom is -0.495 e. The molecule has 3 nitrogen and oxygen atoms in total. The van der Waals surface area contributed by atoms with Gasteiger partial charge in [-0.1, -0.05) is 35.9 Å². The second-order valence-electron chi connectivity index (χ2n) is 5.99. The highest BCUT2D eigenvalue weighted by Gasteiger charge is 2.17. The molecule has 0 spiro atoms. The van der Waals surface area contributed by atoms with E-state index in [9.17, 15) is 0 Å². The Morgan fingerprint density at radius 1 is 1.21 bits per heavy atom. The largest absolute Gasteiger partial charge is 0.495 e. The van der Waals surface area contributed by atoms with Gasteiger partial charge in [-0.2, -0.15) is 0 Å². The van der Waals surface area contributed by atoms with Crippen LogP contribution in [0.4, 0.5) is 0 Å². The number of ether oxygens (including phenoxy) is 1. The third-order valence-corrected chi connectivity index (χ3v) is 4.88. The zero-order valence-corrected chi connectivity index (χ0v) is 14.9. The van der Waals surface area contributed by atoms with Gasteiger partial charge in [0.15, 0.2) is 0 Å². The van der Waals surface area contributed by atoms with Crippen LogP contribution in [-0.4, -0.2) is 18.2 Å².